The molecule has 0 aromatic heterocycles. The van der Waals surface area contributed by atoms with Gasteiger partial charge in [-0.3, -0.25) is 0 Å². The van der Waals surface area contributed by atoms with Crippen molar-refractivity contribution in [2.75, 3.05) is 14.2 Å². The van der Waals surface area contributed by atoms with Crippen molar-refractivity contribution < 1.29 is 9.47 Å². The number of rotatable bonds is 6. The van der Waals surface area contributed by atoms with Gasteiger partial charge >= 0.3 is 0 Å². The molecule has 1 fully saturated rings. The molecule has 0 radical (unpaired) electrons. The fourth-order valence-electron chi connectivity index (χ4n) is 2.81. The third-order valence-electron chi connectivity index (χ3n) is 4.21. The minimum Gasteiger partial charge on any atom is -0.493 e. The second kappa shape index (κ2) is 7.12. The van der Waals surface area contributed by atoms with E-state index in [4.69, 9.17) is 21.1 Å². The average Bonchev–Trinajstić information content (AvgIpc) is 3.33. The number of nitrogens with one attached hydrogen (secondary N) is 1. The van der Waals surface area contributed by atoms with Gasteiger partial charge in [-0.15, -0.1) is 0 Å². The van der Waals surface area contributed by atoms with Gasteiger partial charge in [0.25, 0.3) is 0 Å². The summed E-state index contributed by atoms with van der Waals surface area (Å²) < 4.78 is 11.7. The van der Waals surface area contributed by atoms with Crippen molar-refractivity contribution in [2.45, 2.75) is 24.9 Å². The van der Waals surface area contributed by atoms with Gasteiger partial charge in [0.1, 0.15) is 0 Å². The van der Waals surface area contributed by atoms with Crippen LogP contribution in [0, 0.1) is 0 Å². The van der Waals surface area contributed by atoms with E-state index in [1.54, 1.807) is 14.2 Å². The summed E-state index contributed by atoms with van der Waals surface area (Å²) >= 11 is 9.89. The number of hydrogen-bond acceptors (Lipinski definition) is 3. The van der Waals surface area contributed by atoms with Crippen molar-refractivity contribution >= 4 is 27.5 Å². The monoisotopic (exact) mass is 395 g/mol. The Labute approximate surface area is 150 Å². The van der Waals surface area contributed by atoms with Gasteiger partial charge in [0.05, 0.1) is 19.2 Å². The van der Waals surface area contributed by atoms with E-state index in [1.165, 1.54) is 5.56 Å². The Bertz CT molecular complexity index is 690. The van der Waals surface area contributed by atoms with Gasteiger partial charge in [0.2, 0.25) is 0 Å². The zero-order chi connectivity index (χ0) is 16.4. The summed E-state index contributed by atoms with van der Waals surface area (Å²) in [4.78, 5) is 0. The second-order valence-corrected chi connectivity index (χ2v) is 6.95. The highest BCUT2D eigenvalue weighted by molar-refractivity contribution is 9.10. The first-order chi connectivity index (χ1) is 11.1. The van der Waals surface area contributed by atoms with Crippen molar-refractivity contribution in [3.05, 3.63) is 57.0 Å². The van der Waals surface area contributed by atoms with Crippen LogP contribution in [0.2, 0.25) is 5.02 Å². The summed E-state index contributed by atoms with van der Waals surface area (Å²) in [6, 6.07) is 12.9. The molecule has 1 aliphatic carbocycles. The van der Waals surface area contributed by atoms with Crippen LogP contribution in [-0.2, 0) is 6.54 Å². The molecule has 1 aliphatic rings. The smallest absolute Gasteiger partial charge is 0.179 e. The van der Waals surface area contributed by atoms with E-state index in [0.29, 0.717) is 28.5 Å². The number of benzene rings is 2. The predicted molar refractivity (Wildman–Crippen MR) is 96.7 cm³/mol. The third kappa shape index (κ3) is 3.65. The van der Waals surface area contributed by atoms with Crippen LogP contribution >= 0.6 is 27.5 Å². The highest BCUT2D eigenvalue weighted by Crippen LogP contribution is 2.42. The van der Waals surface area contributed by atoms with Gasteiger partial charge in [-0.25, -0.2) is 0 Å². The molecule has 0 saturated heterocycles. The van der Waals surface area contributed by atoms with Crippen LogP contribution in [-0.4, -0.2) is 20.3 Å². The van der Waals surface area contributed by atoms with E-state index in [0.717, 1.165) is 23.0 Å². The van der Waals surface area contributed by atoms with Crippen molar-refractivity contribution in [1.82, 2.24) is 5.32 Å². The van der Waals surface area contributed by atoms with Crippen LogP contribution in [0.1, 0.15) is 23.5 Å². The summed E-state index contributed by atoms with van der Waals surface area (Å²) in [5.74, 6) is 1.83. The summed E-state index contributed by atoms with van der Waals surface area (Å²) in [7, 11) is 3.21. The first-order valence-electron chi connectivity index (χ1n) is 7.52. The topological polar surface area (TPSA) is 30.5 Å². The second-order valence-electron chi connectivity index (χ2n) is 5.66. The Morgan fingerprint density at radius 3 is 2.52 bits per heavy atom. The zero-order valence-electron chi connectivity index (χ0n) is 13.1. The molecule has 2 atom stereocenters. The number of hydrogen-bond donors (Lipinski definition) is 1. The van der Waals surface area contributed by atoms with Crippen LogP contribution in [0.25, 0.3) is 0 Å². The third-order valence-corrected chi connectivity index (χ3v) is 5.15. The minimum absolute atomic E-state index is 0.500. The highest BCUT2D eigenvalue weighted by atomic mass is 79.9. The molecule has 5 heteroatoms. The largest absolute Gasteiger partial charge is 0.493 e. The molecule has 1 saturated carbocycles. The van der Waals surface area contributed by atoms with Crippen molar-refractivity contribution in [1.29, 1.82) is 0 Å². The molecule has 0 aliphatic heterocycles. The Hall–Kier alpha value is -1.23. The summed E-state index contributed by atoms with van der Waals surface area (Å²) in [5, 5.41) is 4.18. The number of halogens is 2. The van der Waals surface area contributed by atoms with E-state index >= 15 is 0 Å². The summed E-state index contributed by atoms with van der Waals surface area (Å²) in [5.41, 5.74) is 2.40. The molecule has 0 amide bonds. The number of ether oxygens (including phenoxy) is 2. The molecule has 122 valence electrons. The first kappa shape index (κ1) is 16.6. The average molecular weight is 397 g/mol. The Morgan fingerprint density at radius 2 is 1.87 bits per heavy atom. The molecule has 23 heavy (non-hydrogen) atoms. The van der Waals surface area contributed by atoms with E-state index in [1.807, 2.05) is 12.1 Å². The standard InChI is InChI=1S/C18H19BrClNO2/c1-22-16-8-5-12(17(20)18(16)23-2)10-21-15-9-14(15)11-3-6-13(19)7-4-11/h3-8,14-15,21H,9-10H2,1-2H3. The Balaban J connectivity index is 1.63. The normalized spacial score (nSPS) is 19.5. The molecule has 0 heterocycles. The lowest BCUT2D eigenvalue weighted by molar-refractivity contribution is 0.354. The Morgan fingerprint density at radius 1 is 1.13 bits per heavy atom. The lowest BCUT2D eigenvalue weighted by Gasteiger charge is -2.13. The van der Waals surface area contributed by atoms with Gasteiger partial charge in [-0.05, 0) is 35.7 Å². The van der Waals surface area contributed by atoms with Crippen LogP contribution in [0.15, 0.2) is 40.9 Å². The molecule has 2 aromatic carbocycles. The van der Waals surface area contributed by atoms with E-state index in [2.05, 4.69) is 45.5 Å². The molecule has 3 rings (SSSR count). The maximum Gasteiger partial charge on any atom is 0.179 e. The van der Waals surface area contributed by atoms with E-state index in [-0.39, 0.29) is 0 Å². The van der Waals surface area contributed by atoms with Gasteiger partial charge in [-0.1, -0.05) is 45.7 Å². The first-order valence-corrected chi connectivity index (χ1v) is 8.69. The van der Waals surface area contributed by atoms with Crippen LogP contribution in [0.3, 0.4) is 0 Å². The predicted octanol–water partition coefficient (Wildman–Crippen LogP) is 4.77. The van der Waals surface area contributed by atoms with Gasteiger partial charge in [0.15, 0.2) is 11.5 Å². The summed E-state index contributed by atoms with van der Waals surface area (Å²) in [6.07, 6.45) is 1.16. The molecule has 3 nitrogen and oxygen atoms in total. The van der Waals surface area contributed by atoms with Crippen LogP contribution in [0.5, 0.6) is 11.5 Å². The van der Waals surface area contributed by atoms with Crippen molar-refractivity contribution in [2.24, 2.45) is 0 Å². The molecular formula is C18H19BrClNO2. The van der Waals surface area contributed by atoms with Gasteiger partial charge in [0, 0.05) is 23.0 Å². The molecule has 0 bridgehead atoms. The highest BCUT2D eigenvalue weighted by Gasteiger charge is 2.37. The van der Waals surface area contributed by atoms with E-state index < -0.39 is 0 Å². The molecule has 0 spiro atoms. The maximum atomic E-state index is 6.42. The van der Waals surface area contributed by atoms with Gasteiger partial charge < -0.3 is 14.8 Å². The fraction of sp³-hybridized carbons (Fsp3) is 0.333. The molecular weight excluding hydrogens is 378 g/mol. The SMILES string of the molecule is COc1ccc(CNC2CC2c2ccc(Br)cc2)c(Cl)c1OC. The number of methoxy groups -OCH3 is 2. The quantitative estimate of drug-likeness (QED) is 0.763. The fourth-order valence-corrected chi connectivity index (χ4v) is 3.37. The summed E-state index contributed by atoms with van der Waals surface area (Å²) in [6.45, 7) is 0.719. The van der Waals surface area contributed by atoms with Crippen molar-refractivity contribution in [3.63, 3.8) is 0 Å². The molecule has 2 aromatic rings. The van der Waals surface area contributed by atoms with Crippen LogP contribution < -0.4 is 14.8 Å². The lowest BCUT2D eigenvalue weighted by Crippen LogP contribution is -2.17. The van der Waals surface area contributed by atoms with Crippen molar-refractivity contribution in [3.8, 4) is 11.5 Å². The maximum absolute atomic E-state index is 6.42. The Kier molecular flexibility index (Phi) is 5.14. The lowest BCUT2D eigenvalue weighted by atomic mass is 10.1. The van der Waals surface area contributed by atoms with Gasteiger partial charge in [-0.2, -0.15) is 0 Å². The minimum atomic E-state index is 0.500. The zero-order valence-corrected chi connectivity index (χ0v) is 15.4. The van der Waals surface area contributed by atoms with E-state index in [9.17, 15) is 0 Å². The van der Waals surface area contributed by atoms with Crippen LogP contribution in [0.4, 0.5) is 0 Å². The molecule has 1 N–H and O–H groups in total. The molecule has 2 unspecified atom stereocenters.